The molecule has 12 nitrogen and oxygen atoms in total. The van der Waals surface area contributed by atoms with E-state index in [9.17, 15) is 0 Å². The van der Waals surface area contributed by atoms with Crippen LogP contribution in [0.25, 0.3) is 322 Å². The van der Waals surface area contributed by atoms with Crippen LogP contribution in [0.2, 0.25) is 0 Å². The highest BCUT2D eigenvalue weighted by molar-refractivity contribution is 7.26. The van der Waals surface area contributed by atoms with Crippen LogP contribution in [0.5, 0.6) is 0 Å². The molecule has 656 valence electrons. The van der Waals surface area contributed by atoms with Gasteiger partial charge in [0, 0.05) is 144 Å². The van der Waals surface area contributed by atoms with Crippen molar-refractivity contribution in [3.63, 3.8) is 0 Å². The number of thiophene rings is 2. The van der Waals surface area contributed by atoms with Gasteiger partial charge in [0.25, 0.3) is 0 Å². The number of rotatable bonds is 10. The van der Waals surface area contributed by atoms with Gasteiger partial charge in [-0.15, -0.1) is 22.7 Å². The van der Waals surface area contributed by atoms with E-state index < -0.39 is 0 Å². The number of furan rings is 3. The fourth-order valence-corrected chi connectivity index (χ4v) is 25.5. The molecule has 0 aliphatic heterocycles. The van der Waals surface area contributed by atoms with Crippen molar-refractivity contribution in [1.29, 1.82) is 0 Å². The SMILES string of the molecule is c1ccc(-n2c3ccc(-c4nc(-c5cc(-n6c7cc8ccccc8cc7c7ccc8ccccc8c76)c6c(c5)oc5c7ccccc7ccc56)nc(-c5ccc6c(c5)sc5ccccc56)n4)cc3c3ccc(-c4cc(-c5nc(-c6cc(-n7c8ccccc8c8cc9ccccc9cc87)c7c(c6)oc6c8ccccc8ccc67)nc(-c6cccc7c6sc6ccccc67)n5)c5oc6ccccc6c5c4)cc32)cc1. The Balaban J connectivity index is 0.609. The third kappa shape index (κ3) is 11.4. The number of nitrogens with zero attached hydrogens (tertiary/aromatic N) is 9. The monoisotopic (exact) mass is 1840 g/mol. The Morgan fingerprint density at radius 1 is 0.190 bits per heavy atom. The lowest BCUT2D eigenvalue weighted by molar-refractivity contribution is 0.669. The van der Waals surface area contributed by atoms with Crippen molar-refractivity contribution < 1.29 is 13.3 Å². The minimum absolute atomic E-state index is 0.442. The van der Waals surface area contributed by atoms with E-state index in [1.54, 1.807) is 22.7 Å². The van der Waals surface area contributed by atoms with E-state index in [0.29, 0.717) is 57.3 Å². The summed E-state index contributed by atoms with van der Waals surface area (Å²) in [5.41, 5.74) is 20.3. The lowest BCUT2D eigenvalue weighted by Crippen LogP contribution is -2.02. The molecule has 10 heterocycles. The van der Waals surface area contributed by atoms with E-state index in [1.165, 1.54) is 36.3 Å². The van der Waals surface area contributed by atoms with Gasteiger partial charge < -0.3 is 27.0 Å². The van der Waals surface area contributed by atoms with Gasteiger partial charge in [-0.05, 0) is 194 Å². The van der Waals surface area contributed by atoms with E-state index in [4.69, 9.17) is 43.2 Å². The molecule has 0 amide bonds. The van der Waals surface area contributed by atoms with Crippen molar-refractivity contribution in [2.75, 3.05) is 0 Å². The number of aromatic nitrogens is 9. The summed E-state index contributed by atoms with van der Waals surface area (Å²) in [6.07, 6.45) is 0. The third-order valence-electron chi connectivity index (χ3n) is 29.6. The number of benzene rings is 22. The highest BCUT2D eigenvalue weighted by Gasteiger charge is 2.30. The summed E-state index contributed by atoms with van der Waals surface area (Å²) < 4.78 is 33.9. The standard InChI is InChI=1S/C128H69N9O3S2/c1-2-30-83(31-3-1)135-104-56-50-78(123-129-124(79-49-52-92-90-37-16-20-43-113(90)141-115(92)69-79)131-125(130-123)82-66-109(117-96-55-47-72-25-10-13-34-86(72)120(96)140-112(117)68-82)137-107-63-76-29-7-5-27-74(76)58-100(107)93-53-45-70-23-8-11-32-84(70)118(93)137)59-98(104)88-51-48-77(64-105(88)135)80-60-101-89-36-15-19-42-110(89)138-121(101)102(61-80)128-133-126(132-127(134-128)97-40-22-39-94-91-38-17-21-44-114(91)142-122(94)97)81-65-108(116-95-54-46-71-24-9-12-33-85(71)119(95)139-111(116)67-81)136-103-41-18-14-35-87(103)99-57-73-26-4-6-28-75(73)62-106(99)136/h1-69H. The van der Waals surface area contributed by atoms with Gasteiger partial charge in [-0.2, -0.15) is 0 Å². The van der Waals surface area contributed by atoms with Crippen LogP contribution in [0.15, 0.2) is 432 Å². The molecule has 0 N–H and O–H groups in total. The van der Waals surface area contributed by atoms with E-state index in [0.717, 1.165) is 228 Å². The molecule has 22 aromatic carbocycles. The minimum Gasteiger partial charge on any atom is -0.455 e. The maximum absolute atomic E-state index is 7.40. The van der Waals surface area contributed by atoms with Gasteiger partial charge in [0.2, 0.25) is 0 Å². The smallest absolute Gasteiger partial charge is 0.167 e. The third-order valence-corrected chi connectivity index (χ3v) is 31.9. The topological polar surface area (TPSA) is 132 Å². The summed E-state index contributed by atoms with van der Waals surface area (Å²) >= 11 is 3.53. The van der Waals surface area contributed by atoms with Gasteiger partial charge >= 0.3 is 0 Å². The highest BCUT2D eigenvalue weighted by atomic mass is 32.1. The molecule has 0 aliphatic carbocycles. The quantitative estimate of drug-likeness (QED) is 0.131. The van der Waals surface area contributed by atoms with Gasteiger partial charge in [-0.3, -0.25) is 0 Å². The average molecular weight is 1850 g/mol. The molecule has 32 rings (SSSR count). The van der Waals surface area contributed by atoms with Gasteiger partial charge in [-0.25, -0.2) is 29.9 Å². The Hall–Kier alpha value is -18.6. The second-order valence-electron chi connectivity index (χ2n) is 37.4. The molecule has 0 radical (unpaired) electrons. The molecule has 32 aromatic rings. The lowest BCUT2D eigenvalue weighted by Gasteiger charge is -2.14. The van der Waals surface area contributed by atoms with E-state index in [-0.39, 0.29) is 0 Å². The molecule has 0 aliphatic rings. The van der Waals surface area contributed by atoms with Crippen molar-refractivity contribution in [3.05, 3.63) is 419 Å². The number of hydrogen-bond donors (Lipinski definition) is 0. The predicted octanol–water partition coefficient (Wildman–Crippen LogP) is 35.2. The van der Waals surface area contributed by atoms with Crippen molar-refractivity contribution in [2.24, 2.45) is 0 Å². The van der Waals surface area contributed by atoms with Gasteiger partial charge in [0.1, 0.15) is 33.5 Å². The molecule has 14 heteroatoms. The average Bonchev–Trinajstić information content (AvgIpc) is 1.55. The van der Waals surface area contributed by atoms with E-state index in [2.05, 4.69) is 420 Å². The largest absolute Gasteiger partial charge is 0.455 e. The van der Waals surface area contributed by atoms with Gasteiger partial charge in [0.05, 0.1) is 60.8 Å². The lowest BCUT2D eigenvalue weighted by atomic mass is 9.97. The van der Waals surface area contributed by atoms with Crippen molar-refractivity contribution in [2.45, 2.75) is 0 Å². The minimum atomic E-state index is 0.442. The first-order valence-corrected chi connectivity index (χ1v) is 49.4. The second kappa shape index (κ2) is 29.5. The highest BCUT2D eigenvalue weighted by Crippen LogP contribution is 2.52. The summed E-state index contributed by atoms with van der Waals surface area (Å²) in [5, 5.41) is 28.4. The van der Waals surface area contributed by atoms with Gasteiger partial charge in [0.15, 0.2) is 34.9 Å². The number of para-hydroxylation sites is 3. The maximum Gasteiger partial charge on any atom is 0.167 e. The molecule has 0 spiro atoms. The first-order chi connectivity index (χ1) is 70.3. The van der Waals surface area contributed by atoms with E-state index >= 15 is 0 Å². The summed E-state index contributed by atoms with van der Waals surface area (Å²) in [6.45, 7) is 0. The van der Waals surface area contributed by atoms with Crippen LogP contribution in [0.3, 0.4) is 0 Å². The Morgan fingerprint density at radius 3 is 1.31 bits per heavy atom. The summed E-state index contributed by atoms with van der Waals surface area (Å²) in [5.74, 6) is 2.97. The normalized spacial score (nSPS) is 12.4. The fourth-order valence-electron chi connectivity index (χ4n) is 23.1. The molecule has 142 heavy (non-hydrogen) atoms. The molecular weight excluding hydrogens is 1780 g/mol. The van der Waals surface area contributed by atoms with Gasteiger partial charge in [-0.1, -0.05) is 273 Å². The van der Waals surface area contributed by atoms with Crippen LogP contribution in [0.4, 0.5) is 0 Å². The summed E-state index contributed by atoms with van der Waals surface area (Å²) in [6, 6.07) is 151. The van der Waals surface area contributed by atoms with Crippen LogP contribution in [0, 0.1) is 0 Å². The molecular formula is C128H69N9O3S2. The Morgan fingerprint density at radius 2 is 0.627 bits per heavy atom. The van der Waals surface area contributed by atoms with E-state index in [1.807, 2.05) is 12.1 Å². The molecule has 0 bridgehead atoms. The molecule has 0 unspecified atom stereocenters. The Kier molecular flexibility index (Phi) is 16.1. The zero-order valence-corrected chi connectivity index (χ0v) is 77.0. The van der Waals surface area contributed by atoms with Crippen molar-refractivity contribution in [1.82, 2.24) is 43.6 Å². The summed E-state index contributed by atoms with van der Waals surface area (Å²) in [7, 11) is 0. The van der Waals surface area contributed by atoms with Crippen molar-refractivity contribution >= 4 is 248 Å². The number of fused-ring (bicyclic) bond motifs is 32. The van der Waals surface area contributed by atoms with Crippen LogP contribution >= 0.6 is 22.7 Å². The van der Waals surface area contributed by atoms with Crippen molar-refractivity contribution in [3.8, 4) is 96.5 Å². The van der Waals surface area contributed by atoms with Crippen LogP contribution < -0.4 is 0 Å². The molecule has 0 fully saturated rings. The fraction of sp³-hybridized carbons (Fsp3) is 0. The molecule has 10 aromatic heterocycles. The maximum atomic E-state index is 7.40. The Bertz CT molecular complexity index is 11200. The zero-order valence-electron chi connectivity index (χ0n) is 75.4. The first-order valence-electron chi connectivity index (χ1n) is 47.8. The summed E-state index contributed by atoms with van der Waals surface area (Å²) in [4.78, 5) is 34.4. The predicted molar refractivity (Wildman–Crippen MR) is 589 cm³/mol. The second-order valence-corrected chi connectivity index (χ2v) is 39.5. The first kappa shape index (κ1) is 77.6. The van der Waals surface area contributed by atoms with Crippen LogP contribution in [0.1, 0.15) is 0 Å². The molecule has 0 atom stereocenters. The Labute approximate surface area is 814 Å². The van der Waals surface area contributed by atoms with Crippen LogP contribution in [-0.2, 0) is 0 Å². The molecule has 0 saturated heterocycles. The number of hydrogen-bond acceptors (Lipinski definition) is 11. The molecule has 0 saturated carbocycles. The van der Waals surface area contributed by atoms with Crippen LogP contribution in [-0.4, -0.2) is 43.6 Å². The zero-order chi connectivity index (χ0) is 92.4.